The molecule has 0 aliphatic heterocycles. The number of para-hydroxylation sites is 1. The number of hydrogen-bond donors (Lipinski definition) is 0. The fourth-order valence-corrected chi connectivity index (χ4v) is 4.05. The number of nitriles is 1. The van der Waals surface area contributed by atoms with Crippen LogP contribution in [0.1, 0.15) is 17.0 Å². The molecule has 2 aromatic carbocycles. The van der Waals surface area contributed by atoms with Crippen LogP contribution < -0.4 is 0 Å². The summed E-state index contributed by atoms with van der Waals surface area (Å²) in [7, 11) is 0. The van der Waals surface area contributed by atoms with Crippen LogP contribution in [0.3, 0.4) is 0 Å². The summed E-state index contributed by atoms with van der Waals surface area (Å²) in [6.45, 7) is 0.710. The number of hydrogen-bond acceptors (Lipinski definition) is 3. The molecule has 0 bridgehead atoms. The molecule has 0 N–H and O–H groups in total. The van der Waals surface area contributed by atoms with Gasteiger partial charge in [0.25, 0.3) is 0 Å². The van der Waals surface area contributed by atoms with Gasteiger partial charge >= 0.3 is 0 Å². The Hall–Kier alpha value is -2.90. The summed E-state index contributed by atoms with van der Waals surface area (Å²) in [5.41, 5.74) is 4.69. The molecule has 3 nitrogen and oxygen atoms in total. The van der Waals surface area contributed by atoms with Crippen LogP contribution in [0.5, 0.6) is 0 Å². The third kappa shape index (κ3) is 3.40. The number of nitrogens with zero attached hydrogens (tertiary/aromatic N) is 3. The third-order valence-electron chi connectivity index (χ3n) is 4.55. The van der Waals surface area contributed by atoms with Crippen molar-refractivity contribution in [1.82, 2.24) is 9.55 Å². The zero-order valence-corrected chi connectivity index (χ0v) is 15.2. The lowest BCUT2D eigenvalue weighted by Gasteiger charge is -2.00. The van der Waals surface area contributed by atoms with Crippen molar-refractivity contribution in [2.75, 3.05) is 0 Å². The van der Waals surface area contributed by atoms with Gasteiger partial charge in [0, 0.05) is 41.0 Å². The second-order valence-corrected chi connectivity index (χ2v) is 7.22. The standard InChI is InChI=1S/C22H19N3S/c23-13-6-14-25-15-19(18-9-4-5-10-21(18)25)20-16-26-22(24-20)12-11-17-7-2-1-3-8-17/h1-5,7-10,15-16H,6,11-12,14H2. The van der Waals surface area contributed by atoms with E-state index in [1.807, 2.05) is 12.1 Å². The summed E-state index contributed by atoms with van der Waals surface area (Å²) < 4.78 is 2.16. The van der Waals surface area contributed by atoms with Crippen LogP contribution in [0.4, 0.5) is 0 Å². The lowest BCUT2D eigenvalue weighted by atomic mass is 10.1. The minimum absolute atomic E-state index is 0.511. The van der Waals surface area contributed by atoms with Crippen LogP contribution in [-0.4, -0.2) is 9.55 Å². The predicted octanol–water partition coefficient (Wildman–Crippen LogP) is 5.46. The first-order chi connectivity index (χ1) is 12.8. The predicted molar refractivity (Wildman–Crippen MR) is 107 cm³/mol. The number of aryl methyl sites for hydroxylation is 3. The highest BCUT2D eigenvalue weighted by molar-refractivity contribution is 7.09. The molecule has 2 heterocycles. The maximum Gasteiger partial charge on any atom is 0.0935 e. The van der Waals surface area contributed by atoms with Crippen LogP contribution in [0.25, 0.3) is 22.2 Å². The summed E-state index contributed by atoms with van der Waals surface area (Å²) in [6.07, 6.45) is 4.62. The SMILES string of the molecule is N#CCCn1cc(-c2csc(CCc3ccccc3)n2)c2ccccc21. The lowest BCUT2D eigenvalue weighted by Crippen LogP contribution is -1.94. The number of aromatic nitrogens is 2. The maximum absolute atomic E-state index is 8.91. The third-order valence-corrected chi connectivity index (χ3v) is 5.46. The second-order valence-electron chi connectivity index (χ2n) is 6.27. The Balaban J connectivity index is 1.60. The van der Waals surface area contributed by atoms with E-state index >= 15 is 0 Å². The van der Waals surface area contributed by atoms with Gasteiger partial charge in [-0.15, -0.1) is 11.3 Å². The van der Waals surface area contributed by atoms with Crippen molar-refractivity contribution in [3.05, 3.63) is 76.7 Å². The number of rotatable bonds is 6. The van der Waals surface area contributed by atoms with Crippen molar-refractivity contribution >= 4 is 22.2 Å². The van der Waals surface area contributed by atoms with Gasteiger partial charge in [-0.2, -0.15) is 5.26 Å². The molecule has 0 radical (unpaired) electrons. The van der Waals surface area contributed by atoms with Gasteiger partial charge in [-0.25, -0.2) is 4.98 Å². The normalized spacial score (nSPS) is 10.9. The fourth-order valence-electron chi connectivity index (χ4n) is 3.25. The molecule has 0 spiro atoms. The summed E-state index contributed by atoms with van der Waals surface area (Å²) in [6, 6.07) is 21.1. The second kappa shape index (κ2) is 7.55. The van der Waals surface area contributed by atoms with Gasteiger partial charge < -0.3 is 4.57 Å². The molecule has 4 aromatic rings. The topological polar surface area (TPSA) is 41.6 Å². The van der Waals surface area contributed by atoms with Crippen molar-refractivity contribution in [1.29, 1.82) is 5.26 Å². The lowest BCUT2D eigenvalue weighted by molar-refractivity contribution is 0.745. The van der Waals surface area contributed by atoms with E-state index < -0.39 is 0 Å². The minimum atomic E-state index is 0.511. The summed E-state index contributed by atoms with van der Waals surface area (Å²) in [5.74, 6) is 0. The Morgan fingerprint density at radius 2 is 1.81 bits per heavy atom. The zero-order valence-electron chi connectivity index (χ0n) is 14.4. The minimum Gasteiger partial charge on any atom is -0.346 e. The first kappa shape index (κ1) is 16.6. The van der Waals surface area contributed by atoms with Gasteiger partial charge in [-0.3, -0.25) is 0 Å². The highest BCUT2D eigenvalue weighted by Crippen LogP contribution is 2.31. The molecule has 0 saturated heterocycles. The fraction of sp³-hybridized carbons (Fsp3) is 0.182. The van der Waals surface area contributed by atoms with Crippen molar-refractivity contribution in [2.24, 2.45) is 0 Å². The molecule has 0 unspecified atom stereocenters. The molecular weight excluding hydrogens is 338 g/mol. The Morgan fingerprint density at radius 3 is 2.65 bits per heavy atom. The summed E-state index contributed by atoms with van der Waals surface area (Å²) >= 11 is 1.73. The molecule has 26 heavy (non-hydrogen) atoms. The van der Waals surface area contributed by atoms with Crippen LogP contribution in [0.15, 0.2) is 66.2 Å². The highest BCUT2D eigenvalue weighted by atomic mass is 32.1. The molecule has 0 aliphatic rings. The van der Waals surface area contributed by atoms with Crippen molar-refractivity contribution in [3.63, 3.8) is 0 Å². The van der Waals surface area contributed by atoms with E-state index in [1.165, 1.54) is 10.9 Å². The molecule has 128 valence electrons. The molecule has 4 heteroatoms. The molecule has 0 aliphatic carbocycles. The Morgan fingerprint density at radius 1 is 1.00 bits per heavy atom. The van der Waals surface area contributed by atoms with Crippen LogP contribution in [0.2, 0.25) is 0 Å². The maximum atomic E-state index is 8.91. The van der Waals surface area contributed by atoms with Gasteiger partial charge in [0.2, 0.25) is 0 Å². The van der Waals surface area contributed by atoms with E-state index in [0.717, 1.165) is 34.6 Å². The van der Waals surface area contributed by atoms with Crippen molar-refractivity contribution in [3.8, 4) is 17.3 Å². The first-order valence-corrected chi connectivity index (χ1v) is 9.66. The first-order valence-electron chi connectivity index (χ1n) is 8.78. The quantitative estimate of drug-likeness (QED) is 0.459. The van der Waals surface area contributed by atoms with Crippen LogP contribution in [0, 0.1) is 11.3 Å². The monoisotopic (exact) mass is 357 g/mol. The van der Waals surface area contributed by atoms with Gasteiger partial charge in [0.1, 0.15) is 0 Å². The summed E-state index contributed by atoms with van der Waals surface area (Å²) in [4.78, 5) is 4.88. The number of fused-ring (bicyclic) bond motifs is 1. The van der Waals surface area contributed by atoms with Gasteiger partial charge in [0.15, 0.2) is 0 Å². The van der Waals surface area contributed by atoms with Gasteiger partial charge in [-0.1, -0.05) is 48.5 Å². The highest BCUT2D eigenvalue weighted by Gasteiger charge is 2.13. The van der Waals surface area contributed by atoms with E-state index in [1.54, 1.807) is 11.3 Å². The Labute approximate surface area is 157 Å². The molecule has 0 saturated carbocycles. The van der Waals surface area contributed by atoms with E-state index in [0.29, 0.717) is 13.0 Å². The van der Waals surface area contributed by atoms with Crippen LogP contribution >= 0.6 is 11.3 Å². The number of thiazole rings is 1. The van der Waals surface area contributed by atoms with E-state index in [4.69, 9.17) is 10.2 Å². The molecular formula is C22H19N3S. The van der Waals surface area contributed by atoms with E-state index in [2.05, 4.69) is 64.7 Å². The smallest absolute Gasteiger partial charge is 0.0935 e. The average molecular weight is 357 g/mol. The van der Waals surface area contributed by atoms with Gasteiger partial charge in [0.05, 0.1) is 23.2 Å². The molecule has 0 fully saturated rings. The van der Waals surface area contributed by atoms with E-state index in [9.17, 15) is 0 Å². The molecule has 2 aromatic heterocycles. The summed E-state index contributed by atoms with van der Waals surface area (Å²) in [5, 5.41) is 13.4. The zero-order chi connectivity index (χ0) is 17.8. The van der Waals surface area contributed by atoms with Crippen LogP contribution in [-0.2, 0) is 19.4 Å². The molecule has 0 atom stereocenters. The van der Waals surface area contributed by atoms with Crippen molar-refractivity contribution < 1.29 is 0 Å². The Kier molecular flexibility index (Phi) is 4.81. The average Bonchev–Trinajstić information content (AvgIpc) is 3.30. The molecule has 0 amide bonds. The van der Waals surface area contributed by atoms with Gasteiger partial charge in [-0.05, 0) is 18.1 Å². The largest absolute Gasteiger partial charge is 0.346 e. The molecule has 4 rings (SSSR count). The number of benzene rings is 2. The van der Waals surface area contributed by atoms with Crippen molar-refractivity contribution in [2.45, 2.75) is 25.8 Å². The Bertz CT molecular complexity index is 1050. The van der Waals surface area contributed by atoms with E-state index in [-0.39, 0.29) is 0 Å².